The van der Waals surface area contributed by atoms with E-state index in [9.17, 15) is 19.1 Å². The molecule has 0 unspecified atom stereocenters. The smallest absolute Gasteiger partial charge is 0.410 e. The minimum absolute atomic E-state index is 0.141. The van der Waals surface area contributed by atoms with Gasteiger partial charge in [0.05, 0.1) is 7.11 Å². The predicted octanol–water partition coefficient (Wildman–Crippen LogP) is 3.93. The molecular formula is C20H27BrFNO5. The molecule has 1 fully saturated rings. The number of ether oxygens (including phenoxy) is 2. The highest BCUT2D eigenvalue weighted by Crippen LogP contribution is 2.37. The minimum Gasteiger partial charge on any atom is -0.465 e. The van der Waals surface area contributed by atoms with Crippen molar-refractivity contribution >= 4 is 28.0 Å². The number of hydrogen-bond donors (Lipinski definition) is 1. The second-order valence-corrected chi connectivity index (χ2v) is 9.04. The van der Waals surface area contributed by atoms with Gasteiger partial charge in [0.25, 0.3) is 0 Å². The van der Waals surface area contributed by atoms with E-state index in [0.29, 0.717) is 36.0 Å². The van der Waals surface area contributed by atoms with E-state index in [0.717, 1.165) is 0 Å². The average molecular weight is 460 g/mol. The van der Waals surface area contributed by atoms with E-state index in [1.807, 2.05) is 20.8 Å². The molecule has 8 heteroatoms. The molecule has 2 rings (SSSR count). The zero-order valence-electron chi connectivity index (χ0n) is 16.7. The number of methoxy groups -OCH3 is 1. The van der Waals surface area contributed by atoms with Gasteiger partial charge >= 0.3 is 12.1 Å². The third-order valence-electron chi connectivity index (χ3n) is 4.94. The van der Waals surface area contributed by atoms with Crippen LogP contribution in [0, 0.1) is 11.2 Å². The van der Waals surface area contributed by atoms with Gasteiger partial charge in [-0.3, -0.25) is 0 Å². The highest BCUT2D eigenvalue weighted by molar-refractivity contribution is 9.10. The first-order valence-corrected chi connectivity index (χ1v) is 9.95. The number of aliphatic hydroxyl groups is 1. The lowest BCUT2D eigenvalue weighted by Gasteiger charge is -2.41. The van der Waals surface area contributed by atoms with Crippen LogP contribution >= 0.6 is 15.9 Å². The average Bonchev–Trinajstić information content (AvgIpc) is 2.63. The summed E-state index contributed by atoms with van der Waals surface area (Å²) in [5, 5.41) is 10.0. The van der Waals surface area contributed by atoms with E-state index >= 15 is 0 Å². The Morgan fingerprint density at radius 3 is 2.39 bits per heavy atom. The summed E-state index contributed by atoms with van der Waals surface area (Å²) in [7, 11) is 1.20. The van der Waals surface area contributed by atoms with Gasteiger partial charge in [0.2, 0.25) is 0 Å². The number of hydrogen-bond acceptors (Lipinski definition) is 5. The van der Waals surface area contributed by atoms with Gasteiger partial charge in [-0.2, -0.15) is 0 Å². The summed E-state index contributed by atoms with van der Waals surface area (Å²) in [5.74, 6) is -1.41. The van der Waals surface area contributed by atoms with Crippen molar-refractivity contribution < 1.29 is 28.6 Å². The van der Waals surface area contributed by atoms with Crippen molar-refractivity contribution in [3.05, 3.63) is 33.5 Å². The summed E-state index contributed by atoms with van der Waals surface area (Å²) in [6, 6.07) is 3.20. The normalized spacial score (nSPS) is 16.6. The van der Waals surface area contributed by atoms with Gasteiger partial charge in [0.15, 0.2) is 0 Å². The van der Waals surface area contributed by atoms with E-state index in [2.05, 4.69) is 20.7 Å². The highest BCUT2D eigenvalue weighted by atomic mass is 79.9. The van der Waals surface area contributed by atoms with Crippen LogP contribution in [0.4, 0.5) is 9.18 Å². The van der Waals surface area contributed by atoms with Crippen molar-refractivity contribution in [3.63, 3.8) is 0 Å². The molecule has 0 saturated carbocycles. The lowest BCUT2D eigenvalue weighted by molar-refractivity contribution is -0.000419. The maximum atomic E-state index is 14.9. The summed E-state index contributed by atoms with van der Waals surface area (Å²) in [4.78, 5) is 25.7. The summed E-state index contributed by atoms with van der Waals surface area (Å²) >= 11 is 3.18. The van der Waals surface area contributed by atoms with Crippen LogP contribution in [0.1, 0.15) is 49.5 Å². The summed E-state index contributed by atoms with van der Waals surface area (Å²) < 4.78 is 25.3. The number of amides is 1. The number of carbonyl (C=O) groups excluding carboxylic acids is 2. The quantitative estimate of drug-likeness (QED) is 0.690. The van der Waals surface area contributed by atoms with Crippen molar-refractivity contribution in [1.82, 2.24) is 4.90 Å². The summed E-state index contributed by atoms with van der Waals surface area (Å²) in [6.07, 6.45) is 0.883. The van der Waals surface area contributed by atoms with E-state index in [1.165, 1.54) is 7.11 Å². The minimum atomic E-state index is -0.760. The Labute approximate surface area is 173 Å². The maximum Gasteiger partial charge on any atom is 0.410 e. The summed E-state index contributed by atoms with van der Waals surface area (Å²) in [5.41, 5.74) is -0.962. The zero-order valence-corrected chi connectivity index (χ0v) is 18.3. The second-order valence-electron chi connectivity index (χ2n) is 8.19. The van der Waals surface area contributed by atoms with Crippen LogP contribution in [0.15, 0.2) is 16.6 Å². The molecule has 0 bridgehead atoms. The monoisotopic (exact) mass is 459 g/mol. The van der Waals surface area contributed by atoms with Crippen molar-refractivity contribution in [1.29, 1.82) is 0 Å². The maximum absolute atomic E-state index is 14.9. The Morgan fingerprint density at radius 1 is 1.29 bits per heavy atom. The van der Waals surface area contributed by atoms with E-state index < -0.39 is 22.8 Å². The highest BCUT2D eigenvalue weighted by Gasteiger charge is 2.38. The molecule has 1 aromatic carbocycles. The molecule has 0 spiro atoms. The number of carbonyl (C=O) groups is 2. The topological polar surface area (TPSA) is 76.1 Å². The van der Waals surface area contributed by atoms with Crippen LogP contribution in [-0.2, 0) is 15.9 Å². The van der Waals surface area contributed by atoms with Gasteiger partial charge in [0, 0.05) is 29.6 Å². The number of halogens is 2. The molecule has 0 atom stereocenters. The fourth-order valence-electron chi connectivity index (χ4n) is 3.31. The third-order valence-corrected chi connectivity index (χ3v) is 5.60. The van der Waals surface area contributed by atoms with Gasteiger partial charge in [-0.1, -0.05) is 6.07 Å². The molecule has 1 aliphatic heterocycles. The number of likely N-dealkylation sites (tertiary alicyclic amines) is 1. The van der Waals surface area contributed by atoms with Gasteiger partial charge in [-0.25, -0.2) is 14.0 Å². The largest absolute Gasteiger partial charge is 0.465 e. The van der Waals surface area contributed by atoms with Crippen LogP contribution in [0.2, 0.25) is 0 Å². The number of rotatable bonds is 4. The molecule has 1 aromatic rings. The third kappa shape index (κ3) is 5.23. The molecule has 1 N–H and O–H groups in total. The van der Waals surface area contributed by atoms with Crippen molar-refractivity contribution in [2.75, 3.05) is 26.8 Å². The van der Waals surface area contributed by atoms with Crippen LogP contribution in [-0.4, -0.2) is 54.5 Å². The van der Waals surface area contributed by atoms with Crippen LogP contribution in [0.5, 0.6) is 0 Å². The molecule has 1 heterocycles. The Balaban J connectivity index is 2.16. The molecule has 0 aromatic heterocycles. The number of piperidine rings is 1. The molecule has 6 nitrogen and oxygen atoms in total. The van der Waals surface area contributed by atoms with E-state index in [1.54, 1.807) is 17.0 Å². The Hall–Kier alpha value is -1.67. The lowest BCUT2D eigenvalue weighted by atomic mass is 9.74. The molecule has 0 radical (unpaired) electrons. The van der Waals surface area contributed by atoms with Crippen LogP contribution in [0.25, 0.3) is 0 Å². The summed E-state index contributed by atoms with van der Waals surface area (Å²) in [6.45, 7) is 6.11. The van der Waals surface area contributed by atoms with Gasteiger partial charge in [-0.15, -0.1) is 0 Å². The van der Waals surface area contributed by atoms with E-state index in [-0.39, 0.29) is 24.7 Å². The molecular weight excluding hydrogens is 433 g/mol. The Morgan fingerprint density at radius 2 is 1.89 bits per heavy atom. The molecule has 1 aliphatic rings. The van der Waals surface area contributed by atoms with Crippen LogP contribution < -0.4 is 0 Å². The molecule has 1 saturated heterocycles. The zero-order chi connectivity index (χ0) is 21.1. The number of esters is 1. The fourth-order valence-corrected chi connectivity index (χ4v) is 3.77. The molecule has 1 amide bonds. The Bertz CT molecular complexity index is 739. The lowest BCUT2D eigenvalue weighted by Crippen LogP contribution is -2.47. The first-order chi connectivity index (χ1) is 13.0. The van der Waals surface area contributed by atoms with Gasteiger partial charge < -0.3 is 19.5 Å². The predicted molar refractivity (Wildman–Crippen MR) is 106 cm³/mol. The molecule has 156 valence electrons. The standard InChI is InChI=1S/C20H27BrFNO5/c1-19(2,3)28-18(26)23-9-7-20(12-24,8-10-23)11-13-5-6-14(21)15(16(13)22)17(25)27-4/h5-6,24H,7-12H2,1-4H3. The number of benzene rings is 1. The first-order valence-electron chi connectivity index (χ1n) is 9.16. The first kappa shape index (κ1) is 22.6. The number of nitrogens with zero attached hydrogens (tertiary/aromatic N) is 1. The number of aliphatic hydroxyl groups excluding tert-OH is 1. The second kappa shape index (κ2) is 8.78. The van der Waals surface area contributed by atoms with Crippen molar-refractivity contribution in [3.8, 4) is 0 Å². The van der Waals surface area contributed by atoms with Gasteiger partial charge in [-0.05, 0) is 67.6 Å². The SMILES string of the molecule is COC(=O)c1c(Br)ccc(CC2(CO)CCN(C(=O)OC(C)(C)C)CC2)c1F. The molecule has 0 aliphatic carbocycles. The molecule has 28 heavy (non-hydrogen) atoms. The van der Waals surface area contributed by atoms with Gasteiger partial charge in [0.1, 0.15) is 17.0 Å². The van der Waals surface area contributed by atoms with Crippen LogP contribution in [0.3, 0.4) is 0 Å². The van der Waals surface area contributed by atoms with Crippen molar-refractivity contribution in [2.45, 2.75) is 45.6 Å². The fraction of sp³-hybridized carbons (Fsp3) is 0.600. The Kier molecular flexibility index (Phi) is 7.09. The van der Waals surface area contributed by atoms with E-state index in [4.69, 9.17) is 4.74 Å². The van der Waals surface area contributed by atoms with Crippen molar-refractivity contribution in [2.24, 2.45) is 5.41 Å².